The van der Waals surface area contributed by atoms with Crippen molar-refractivity contribution in [1.29, 1.82) is 0 Å². The Hall–Kier alpha value is -3.33. The van der Waals surface area contributed by atoms with Crippen LogP contribution in [0.1, 0.15) is 17.9 Å². The zero-order valence-corrected chi connectivity index (χ0v) is 15.4. The Morgan fingerprint density at radius 1 is 1.29 bits per heavy atom. The molecule has 0 bridgehead atoms. The SMILES string of the molecule is O=C(CCc1cc2ccc(F)cc2[nH]c1=O)NCc1nc(-c2cccs2)no1. The Balaban J connectivity index is 1.34. The van der Waals surface area contributed by atoms with Gasteiger partial charge in [-0.2, -0.15) is 4.98 Å². The number of aromatic amines is 1. The first kappa shape index (κ1) is 18.1. The Morgan fingerprint density at radius 2 is 2.18 bits per heavy atom. The molecule has 0 radical (unpaired) electrons. The number of nitrogens with zero attached hydrogens (tertiary/aromatic N) is 2. The molecule has 4 rings (SSSR count). The molecule has 0 aliphatic heterocycles. The fraction of sp³-hybridized carbons (Fsp3) is 0.158. The van der Waals surface area contributed by atoms with E-state index in [1.807, 2.05) is 17.5 Å². The number of thiophene rings is 1. The first-order valence-corrected chi connectivity index (χ1v) is 9.41. The number of nitrogens with one attached hydrogen (secondary N) is 2. The fourth-order valence-corrected chi connectivity index (χ4v) is 3.40. The Bertz CT molecular complexity index is 1180. The van der Waals surface area contributed by atoms with Gasteiger partial charge in [-0.25, -0.2) is 4.39 Å². The molecule has 3 aromatic heterocycles. The van der Waals surface area contributed by atoms with Gasteiger partial charge in [0.1, 0.15) is 5.82 Å². The van der Waals surface area contributed by atoms with E-state index in [2.05, 4.69) is 20.4 Å². The number of H-pyrrole nitrogens is 1. The van der Waals surface area contributed by atoms with Gasteiger partial charge in [0.15, 0.2) is 0 Å². The minimum absolute atomic E-state index is 0.116. The van der Waals surface area contributed by atoms with Gasteiger partial charge in [-0.1, -0.05) is 11.2 Å². The summed E-state index contributed by atoms with van der Waals surface area (Å²) in [7, 11) is 0. The van der Waals surface area contributed by atoms with Crippen molar-refractivity contribution in [2.75, 3.05) is 0 Å². The Labute approximate surface area is 162 Å². The number of aromatic nitrogens is 3. The molecular weight excluding hydrogens is 383 g/mol. The van der Waals surface area contributed by atoms with Crippen LogP contribution in [0.25, 0.3) is 21.6 Å². The fourth-order valence-electron chi connectivity index (χ4n) is 2.75. The summed E-state index contributed by atoms with van der Waals surface area (Å²) < 4.78 is 18.4. The second-order valence-corrected chi connectivity index (χ2v) is 7.07. The highest BCUT2D eigenvalue weighted by Crippen LogP contribution is 2.21. The van der Waals surface area contributed by atoms with Crippen LogP contribution in [0.15, 0.2) is 51.1 Å². The van der Waals surface area contributed by atoms with Gasteiger partial charge in [0, 0.05) is 12.0 Å². The summed E-state index contributed by atoms with van der Waals surface area (Å²) in [6.45, 7) is 0.116. The average Bonchev–Trinajstić information content (AvgIpc) is 3.36. The van der Waals surface area contributed by atoms with Crippen molar-refractivity contribution in [2.24, 2.45) is 0 Å². The standard InChI is InChI=1S/C19H15FN4O3S/c20-13-5-3-11-8-12(19(26)22-14(11)9-13)4-6-16(25)21-10-17-23-18(24-27-17)15-2-1-7-28-15/h1-3,5,7-9H,4,6,10H2,(H,21,25)(H,22,26). The molecule has 0 saturated carbocycles. The lowest BCUT2D eigenvalue weighted by Gasteiger charge is -2.04. The van der Waals surface area contributed by atoms with Gasteiger partial charge in [-0.05, 0) is 47.5 Å². The third kappa shape index (κ3) is 3.99. The van der Waals surface area contributed by atoms with E-state index in [0.717, 1.165) is 4.88 Å². The summed E-state index contributed by atoms with van der Waals surface area (Å²) in [5, 5.41) is 9.20. The zero-order valence-electron chi connectivity index (χ0n) is 14.6. The van der Waals surface area contributed by atoms with Gasteiger partial charge < -0.3 is 14.8 Å². The lowest BCUT2D eigenvalue weighted by molar-refractivity contribution is -0.121. The summed E-state index contributed by atoms with van der Waals surface area (Å²) in [6, 6.07) is 9.63. The molecule has 0 atom stereocenters. The number of pyridine rings is 1. The summed E-state index contributed by atoms with van der Waals surface area (Å²) in [5.74, 6) is 0.133. The van der Waals surface area contributed by atoms with E-state index in [-0.39, 0.29) is 30.9 Å². The maximum absolute atomic E-state index is 13.2. The highest BCUT2D eigenvalue weighted by Gasteiger charge is 2.11. The van der Waals surface area contributed by atoms with E-state index in [1.165, 1.54) is 23.5 Å². The number of hydrogen-bond donors (Lipinski definition) is 2. The number of aryl methyl sites for hydroxylation is 1. The van der Waals surface area contributed by atoms with Crippen molar-refractivity contribution < 1.29 is 13.7 Å². The number of rotatable bonds is 6. The van der Waals surface area contributed by atoms with Gasteiger partial charge in [0.25, 0.3) is 5.56 Å². The number of amides is 1. The van der Waals surface area contributed by atoms with Crippen LogP contribution in [0.5, 0.6) is 0 Å². The van der Waals surface area contributed by atoms with Crippen LogP contribution in [0.3, 0.4) is 0 Å². The molecule has 0 unspecified atom stereocenters. The number of hydrogen-bond acceptors (Lipinski definition) is 6. The maximum Gasteiger partial charge on any atom is 0.251 e. The first-order valence-electron chi connectivity index (χ1n) is 8.53. The molecule has 0 aliphatic carbocycles. The van der Waals surface area contributed by atoms with Gasteiger partial charge in [0.05, 0.1) is 16.9 Å². The van der Waals surface area contributed by atoms with E-state index < -0.39 is 5.82 Å². The van der Waals surface area contributed by atoms with Crippen molar-refractivity contribution in [3.8, 4) is 10.7 Å². The largest absolute Gasteiger partial charge is 0.347 e. The summed E-state index contributed by atoms with van der Waals surface area (Å²) >= 11 is 1.50. The first-order chi connectivity index (χ1) is 13.6. The van der Waals surface area contributed by atoms with Gasteiger partial charge in [-0.3, -0.25) is 9.59 Å². The van der Waals surface area contributed by atoms with Crippen molar-refractivity contribution in [1.82, 2.24) is 20.4 Å². The quantitative estimate of drug-likeness (QED) is 0.520. The number of fused-ring (bicyclic) bond motifs is 1. The molecule has 1 amide bonds. The number of carbonyl (C=O) groups excluding carboxylic acids is 1. The highest BCUT2D eigenvalue weighted by molar-refractivity contribution is 7.13. The van der Waals surface area contributed by atoms with Crippen LogP contribution < -0.4 is 10.9 Å². The minimum atomic E-state index is -0.418. The molecule has 3 heterocycles. The second kappa shape index (κ2) is 7.73. The van der Waals surface area contributed by atoms with E-state index in [1.54, 1.807) is 12.1 Å². The predicted octanol–water partition coefficient (Wildman–Crippen LogP) is 3.03. The molecule has 2 N–H and O–H groups in total. The molecule has 9 heteroatoms. The normalized spacial score (nSPS) is 11.0. The molecule has 0 aliphatic rings. The molecule has 4 aromatic rings. The molecule has 1 aromatic carbocycles. The molecular formula is C19H15FN4O3S. The maximum atomic E-state index is 13.2. The van der Waals surface area contributed by atoms with E-state index in [9.17, 15) is 14.0 Å². The predicted molar refractivity (Wildman–Crippen MR) is 102 cm³/mol. The van der Waals surface area contributed by atoms with E-state index in [4.69, 9.17) is 4.52 Å². The Kier molecular flexibility index (Phi) is 4.98. The van der Waals surface area contributed by atoms with Crippen LogP contribution in [-0.2, 0) is 17.8 Å². The summed E-state index contributed by atoms with van der Waals surface area (Å²) in [6.07, 6.45) is 0.389. The van der Waals surface area contributed by atoms with Crippen LogP contribution in [-0.4, -0.2) is 21.0 Å². The smallest absolute Gasteiger partial charge is 0.251 e. The molecule has 0 fully saturated rings. The van der Waals surface area contributed by atoms with Crippen molar-refractivity contribution in [3.63, 3.8) is 0 Å². The molecule has 142 valence electrons. The monoisotopic (exact) mass is 398 g/mol. The molecule has 28 heavy (non-hydrogen) atoms. The van der Waals surface area contributed by atoms with Crippen LogP contribution >= 0.6 is 11.3 Å². The summed E-state index contributed by atoms with van der Waals surface area (Å²) in [5.41, 5.74) is 0.562. The van der Waals surface area contributed by atoms with Gasteiger partial charge >= 0.3 is 0 Å². The van der Waals surface area contributed by atoms with Crippen LogP contribution in [0, 0.1) is 5.82 Å². The topological polar surface area (TPSA) is 101 Å². The van der Waals surface area contributed by atoms with Crippen molar-refractivity contribution >= 4 is 28.1 Å². The van der Waals surface area contributed by atoms with Crippen molar-refractivity contribution in [3.05, 3.63) is 69.4 Å². The third-order valence-corrected chi connectivity index (χ3v) is 5.02. The number of halogens is 1. The Morgan fingerprint density at radius 3 is 3.00 bits per heavy atom. The summed E-state index contributed by atoms with van der Waals surface area (Å²) in [4.78, 5) is 31.9. The van der Waals surface area contributed by atoms with Crippen molar-refractivity contribution in [2.45, 2.75) is 19.4 Å². The molecule has 7 nitrogen and oxygen atoms in total. The van der Waals surface area contributed by atoms with E-state index in [0.29, 0.717) is 28.2 Å². The van der Waals surface area contributed by atoms with Crippen LogP contribution in [0.2, 0.25) is 0 Å². The highest BCUT2D eigenvalue weighted by atomic mass is 32.1. The zero-order chi connectivity index (χ0) is 19.5. The lowest BCUT2D eigenvalue weighted by Crippen LogP contribution is -2.24. The molecule has 0 saturated heterocycles. The van der Waals surface area contributed by atoms with Gasteiger partial charge in [0.2, 0.25) is 17.6 Å². The third-order valence-electron chi connectivity index (χ3n) is 4.15. The number of benzene rings is 1. The lowest BCUT2D eigenvalue weighted by atomic mass is 10.1. The van der Waals surface area contributed by atoms with E-state index >= 15 is 0 Å². The second-order valence-electron chi connectivity index (χ2n) is 6.12. The molecule has 0 spiro atoms. The minimum Gasteiger partial charge on any atom is -0.347 e. The average molecular weight is 398 g/mol. The van der Waals surface area contributed by atoms with Crippen LogP contribution in [0.4, 0.5) is 4.39 Å². The van der Waals surface area contributed by atoms with Gasteiger partial charge in [-0.15, -0.1) is 11.3 Å². The number of carbonyl (C=O) groups is 1.